The molecular formula is C19H16ClF2N3O3. The molecule has 0 radical (unpaired) electrons. The van der Waals surface area contributed by atoms with Crippen molar-refractivity contribution in [1.29, 1.82) is 0 Å². The number of hydrogen-bond donors (Lipinski definition) is 2. The highest BCUT2D eigenvalue weighted by Crippen LogP contribution is 2.31. The molecule has 2 aromatic rings. The standard InChI is InChI=1S/C19H16ClF2N3O3/c1-19(14-8-13(21)6-7-15(14)22)17(27)25(18(28)24-19)10-16(26)23-9-11-2-4-12(20)5-3-11/h2-8H,9-10H2,1H3,(H,23,26)(H,24,28)/t19-/m1/s1. The summed E-state index contributed by atoms with van der Waals surface area (Å²) in [5, 5.41) is 5.47. The Hall–Kier alpha value is -3.00. The van der Waals surface area contributed by atoms with E-state index in [0.717, 1.165) is 23.8 Å². The zero-order valence-electron chi connectivity index (χ0n) is 14.8. The maximum Gasteiger partial charge on any atom is 0.325 e. The number of carbonyl (C=O) groups excluding carboxylic acids is 3. The number of carbonyl (C=O) groups is 3. The number of nitrogens with zero attached hydrogens (tertiary/aromatic N) is 1. The molecule has 28 heavy (non-hydrogen) atoms. The number of urea groups is 1. The quantitative estimate of drug-likeness (QED) is 0.748. The largest absolute Gasteiger partial charge is 0.350 e. The van der Waals surface area contributed by atoms with Gasteiger partial charge in [-0.15, -0.1) is 0 Å². The van der Waals surface area contributed by atoms with Gasteiger partial charge in [-0.1, -0.05) is 23.7 Å². The van der Waals surface area contributed by atoms with Gasteiger partial charge in [0.05, 0.1) is 0 Å². The highest BCUT2D eigenvalue weighted by atomic mass is 35.5. The first-order valence-corrected chi connectivity index (χ1v) is 8.69. The third-order valence-corrected chi connectivity index (χ3v) is 4.70. The van der Waals surface area contributed by atoms with E-state index >= 15 is 0 Å². The van der Waals surface area contributed by atoms with Crippen LogP contribution in [0.5, 0.6) is 0 Å². The zero-order chi connectivity index (χ0) is 20.5. The minimum absolute atomic E-state index is 0.176. The first kappa shape index (κ1) is 19.8. The molecule has 0 spiro atoms. The van der Waals surface area contributed by atoms with Crippen molar-refractivity contribution in [3.8, 4) is 0 Å². The molecule has 0 bridgehead atoms. The van der Waals surface area contributed by atoms with Crippen LogP contribution in [-0.4, -0.2) is 29.3 Å². The van der Waals surface area contributed by atoms with Crippen LogP contribution in [0.4, 0.5) is 13.6 Å². The van der Waals surface area contributed by atoms with Crippen LogP contribution in [0.15, 0.2) is 42.5 Å². The van der Waals surface area contributed by atoms with E-state index in [4.69, 9.17) is 11.6 Å². The second-order valence-corrected chi connectivity index (χ2v) is 6.91. The SMILES string of the molecule is C[C@]1(c2cc(F)ccc2F)NC(=O)N(CC(=O)NCc2ccc(Cl)cc2)C1=O. The molecule has 0 aliphatic carbocycles. The maximum atomic E-state index is 14.1. The van der Waals surface area contributed by atoms with Crippen molar-refractivity contribution in [3.63, 3.8) is 0 Å². The number of imide groups is 1. The molecular weight excluding hydrogens is 392 g/mol. The molecule has 1 aliphatic rings. The van der Waals surface area contributed by atoms with E-state index in [1.807, 2.05) is 0 Å². The normalized spacial score (nSPS) is 18.9. The smallest absolute Gasteiger partial charge is 0.325 e. The van der Waals surface area contributed by atoms with Crippen molar-refractivity contribution in [1.82, 2.24) is 15.5 Å². The number of hydrogen-bond acceptors (Lipinski definition) is 3. The average Bonchev–Trinajstić information content (AvgIpc) is 2.87. The van der Waals surface area contributed by atoms with E-state index in [1.165, 1.54) is 6.92 Å². The van der Waals surface area contributed by atoms with E-state index in [0.29, 0.717) is 9.92 Å². The second-order valence-electron chi connectivity index (χ2n) is 6.47. The highest BCUT2D eigenvalue weighted by Gasteiger charge is 2.50. The van der Waals surface area contributed by atoms with Crippen LogP contribution in [0.1, 0.15) is 18.1 Å². The van der Waals surface area contributed by atoms with Crippen molar-refractivity contribution in [2.75, 3.05) is 6.54 Å². The molecule has 2 N–H and O–H groups in total. The summed E-state index contributed by atoms with van der Waals surface area (Å²) in [5.41, 5.74) is -1.34. The Morgan fingerprint density at radius 3 is 2.54 bits per heavy atom. The van der Waals surface area contributed by atoms with Crippen molar-refractivity contribution in [3.05, 3.63) is 70.2 Å². The van der Waals surface area contributed by atoms with Gasteiger partial charge in [-0.05, 0) is 42.8 Å². The van der Waals surface area contributed by atoms with Crippen LogP contribution in [0.2, 0.25) is 5.02 Å². The highest BCUT2D eigenvalue weighted by molar-refractivity contribution is 6.30. The fourth-order valence-corrected chi connectivity index (χ4v) is 3.03. The summed E-state index contributed by atoms with van der Waals surface area (Å²) in [6, 6.07) is 8.54. The zero-order valence-corrected chi connectivity index (χ0v) is 15.5. The minimum atomic E-state index is -1.81. The van der Waals surface area contributed by atoms with Gasteiger partial charge < -0.3 is 10.6 Å². The fraction of sp³-hybridized carbons (Fsp3) is 0.211. The number of nitrogens with one attached hydrogen (secondary N) is 2. The lowest BCUT2D eigenvalue weighted by atomic mass is 9.91. The topological polar surface area (TPSA) is 78.5 Å². The molecule has 9 heteroatoms. The van der Waals surface area contributed by atoms with E-state index in [9.17, 15) is 23.2 Å². The molecule has 2 aromatic carbocycles. The van der Waals surface area contributed by atoms with Crippen LogP contribution >= 0.6 is 11.6 Å². The lowest BCUT2D eigenvalue weighted by molar-refractivity contribution is -0.134. The van der Waals surface area contributed by atoms with Crippen molar-refractivity contribution in [2.24, 2.45) is 0 Å². The number of rotatable bonds is 5. The van der Waals surface area contributed by atoms with Crippen molar-refractivity contribution in [2.45, 2.75) is 19.0 Å². The summed E-state index contributed by atoms with van der Waals surface area (Å²) in [7, 11) is 0. The van der Waals surface area contributed by atoms with Crippen LogP contribution in [-0.2, 0) is 21.7 Å². The van der Waals surface area contributed by atoms with Crippen LogP contribution in [0.3, 0.4) is 0 Å². The predicted molar refractivity (Wildman–Crippen MR) is 97.3 cm³/mol. The molecule has 6 nitrogen and oxygen atoms in total. The predicted octanol–water partition coefficient (Wildman–Crippen LogP) is 2.70. The summed E-state index contributed by atoms with van der Waals surface area (Å²) in [6.45, 7) is 0.886. The van der Waals surface area contributed by atoms with Crippen LogP contribution < -0.4 is 10.6 Å². The molecule has 146 valence electrons. The fourth-order valence-electron chi connectivity index (χ4n) is 2.91. The van der Waals surface area contributed by atoms with Crippen LogP contribution in [0.25, 0.3) is 0 Å². The van der Waals surface area contributed by atoms with Crippen molar-refractivity contribution >= 4 is 29.4 Å². The molecule has 0 saturated carbocycles. The number of halogens is 3. The Morgan fingerprint density at radius 1 is 1.18 bits per heavy atom. The Morgan fingerprint density at radius 2 is 1.86 bits per heavy atom. The lowest BCUT2D eigenvalue weighted by Crippen LogP contribution is -2.43. The van der Waals surface area contributed by atoms with Crippen LogP contribution in [0, 0.1) is 11.6 Å². The lowest BCUT2D eigenvalue weighted by Gasteiger charge is -2.22. The summed E-state index contributed by atoms with van der Waals surface area (Å²) >= 11 is 5.79. The monoisotopic (exact) mass is 407 g/mol. The van der Waals surface area contributed by atoms with E-state index in [2.05, 4.69) is 10.6 Å². The number of amides is 4. The Bertz CT molecular complexity index is 952. The summed E-state index contributed by atoms with van der Waals surface area (Å²) in [6.07, 6.45) is 0. The summed E-state index contributed by atoms with van der Waals surface area (Å²) < 4.78 is 27.6. The first-order chi connectivity index (χ1) is 13.2. The molecule has 1 atom stereocenters. The number of benzene rings is 2. The average molecular weight is 408 g/mol. The van der Waals surface area contributed by atoms with Gasteiger partial charge in [0.25, 0.3) is 5.91 Å². The van der Waals surface area contributed by atoms with Gasteiger partial charge in [0.1, 0.15) is 23.7 Å². The minimum Gasteiger partial charge on any atom is -0.350 e. The Balaban J connectivity index is 1.70. The van der Waals surface area contributed by atoms with Gasteiger partial charge in [-0.25, -0.2) is 13.6 Å². The van der Waals surface area contributed by atoms with Gasteiger partial charge >= 0.3 is 6.03 Å². The van der Waals surface area contributed by atoms with Gasteiger partial charge in [0, 0.05) is 17.1 Å². The van der Waals surface area contributed by atoms with E-state index in [1.54, 1.807) is 24.3 Å². The van der Waals surface area contributed by atoms with Gasteiger partial charge in [0.15, 0.2) is 0 Å². The van der Waals surface area contributed by atoms with Crippen molar-refractivity contribution < 1.29 is 23.2 Å². The van der Waals surface area contributed by atoms with E-state index < -0.39 is 41.6 Å². The molecule has 1 fully saturated rings. The molecule has 1 heterocycles. The molecule has 1 aliphatic heterocycles. The molecule has 0 unspecified atom stereocenters. The first-order valence-electron chi connectivity index (χ1n) is 8.31. The molecule has 1 saturated heterocycles. The second kappa shape index (κ2) is 7.55. The maximum absolute atomic E-state index is 14.1. The summed E-state index contributed by atoms with van der Waals surface area (Å²) in [4.78, 5) is 37.7. The molecule has 4 amide bonds. The molecule has 3 rings (SSSR count). The summed E-state index contributed by atoms with van der Waals surface area (Å²) in [5.74, 6) is -3.02. The third-order valence-electron chi connectivity index (χ3n) is 4.45. The Kier molecular flexibility index (Phi) is 5.33. The van der Waals surface area contributed by atoms with E-state index in [-0.39, 0.29) is 12.1 Å². The van der Waals surface area contributed by atoms with Gasteiger partial charge in [0.2, 0.25) is 5.91 Å². The van der Waals surface area contributed by atoms with Gasteiger partial charge in [-0.2, -0.15) is 0 Å². The third kappa shape index (κ3) is 3.82. The molecule has 0 aromatic heterocycles. The Labute approximate surface area is 164 Å². The van der Waals surface area contributed by atoms with Gasteiger partial charge in [-0.3, -0.25) is 14.5 Å².